The maximum Gasteiger partial charge on any atom is 0.218 e. The molecule has 0 saturated carbocycles. The summed E-state index contributed by atoms with van der Waals surface area (Å²) in [5.41, 5.74) is 0. The standard InChI is InChI=1S/C6H12O15S3/c7-3-2(1-18-22(9,10)11)19-6(8)5(21-24(15,16)17)4(3)20-23(12,13)14/h2-8H,1H2,(H,9,10,11)(H,12,13,14)(H,15,16,17)/p-3/t2-,3-,4+,5-,6+/m1/s1. The van der Waals surface area contributed by atoms with Gasteiger partial charge in [0, 0.05) is 0 Å². The van der Waals surface area contributed by atoms with Crippen LogP contribution in [0.25, 0.3) is 0 Å². The van der Waals surface area contributed by atoms with Gasteiger partial charge in [-0.15, -0.1) is 0 Å². The molecular formula is C6H9O15S3-3. The van der Waals surface area contributed by atoms with Crippen molar-refractivity contribution in [2.24, 2.45) is 0 Å². The summed E-state index contributed by atoms with van der Waals surface area (Å²) in [6.07, 6.45) is -11.8. The molecule has 15 nitrogen and oxygen atoms in total. The van der Waals surface area contributed by atoms with Crippen LogP contribution in [0.3, 0.4) is 0 Å². The molecule has 0 bridgehead atoms. The van der Waals surface area contributed by atoms with Gasteiger partial charge in [-0.05, 0) is 0 Å². The first-order valence-electron chi connectivity index (χ1n) is 5.49. The molecule has 18 heteroatoms. The lowest BCUT2D eigenvalue weighted by Gasteiger charge is -2.42. The van der Waals surface area contributed by atoms with Crippen molar-refractivity contribution >= 4 is 31.2 Å². The molecule has 0 aromatic rings. The van der Waals surface area contributed by atoms with E-state index in [0.717, 1.165) is 0 Å². The fraction of sp³-hybridized carbons (Fsp3) is 1.00. The van der Waals surface area contributed by atoms with Gasteiger partial charge in [0.1, 0.15) is 18.3 Å². The van der Waals surface area contributed by atoms with Gasteiger partial charge in [-0.2, -0.15) is 0 Å². The van der Waals surface area contributed by atoms with Crippen LogP contribution < -0.4 is 0 Å². The Kier molecular flexibility index (Phi) is 6.63. The van der Waals surface area contributed by atoms with E-state index in [0.29, 0.717) is 0 Å². The topological polar surface area (TPSA) is 249 Å². The van der Waals surface area contributed by atoms with Crippen molar-refractivity contribution in [3.05, 3.63) is 0 Å². The monoisotopic (exact) mass is 417 g/mol. The third-order valence-electron chi connectivity index (χ3n) is 2.47. The van der Waals surface area contributed by atoms with Crippen molar-refractivity contribution < 1.29 is 66.4 Å². The summed E-state index contributed by atoms with van der Waals surface area (Å²) in [6.45, 7) is -1.26. The van der Waals surface area contributed by atoms with Gasteiger partial charge in [0.05, 0.1) is 6.61 Å². The van der Waals surface area contributed by atoms with Crippen molar-refractivity contribution in [1.29, 1.82) is 0 Å². The number of ether oxygens (including phenoxy) is 1. The molecule has 1 rings (SSSR count). The highest BCUT2D eigenvalue weighted by Gasteiger charge is 2.48. The second-order valence-corrected chi connectivity index (χ2v) is 7.26. The van der Waals surface area contributed by atoms with Crippen LogP contribution in [0.4, 0.5) is 0 Å². The lowest BCUT2D eigenvalue weighted by atomic mass is 9.99. The highest BCUT2D eigenvalue weighted by molar-refractivity contribution is 7.81. The Labute approximate surface area is 135 Å². The number of aliphatic hydroxyl groups excluding tert-OH is 2. The van der Waals surface area contributed by atoms with E-state index < -0.39 is 68.5 Å². The van der Waals surface area contributed by atoms with Crippen LogP contribution in [-0.4, -0.2) is 86.4 Å². The van der Waals surface area contributed by atoms with E-state index >= 15 is 0 Å². The van der Waals surface area contributed by atoms with Gasteiger partial charge < -0.3 is 28.6 Å². The largest absolute Gasteiger partial charge is 0.726 e. The molecule has 1 aliphatic rings. The molecule has 0 unspecified atom stereocenters. The molecule has 1 fully saturated rings. The first-order valence-corrected chi connectivity index (χ1v) is 9.49. The van der Waals surface area contributed by atoms with Crippen molar-refractivity contribution in [2.75, 3.05) is 6.61 Å². The summed E-state index contributed by atoms with van der Waals surface area (Å²) >= 11 is 0. The van der Waals surface area contributed by atoms with E-state index in [2.05, 4.69) is 17.3 Å². The van der Waals surface area contributed by atoms with Gasteiger partial charge in [-0.25, -0.2) is 25.3 Å². The lowest BCUT2D eigenvalue weighted by Crippen LogP contribution is -2.61. The second kappa shape index (κ2) is 7.39. The molecule has 0 aromatic heterocycles. The van der Waals surface area contributed by atoms with Crippen molar-refractivity contribution in [1.82, 2.24) is 0 Å². The molecule has 1 saturated heterocycles. The fourth-order valence-corrected chi connectivity index (χ4v) is 2.95. The minimum Gasteiger partial charge on any atom is -0.726 e. The highest BCUT2D eigenvalue weighted by atomic mass is 32.3. The predicted molar refractivity (Wildman–Crippen MR) is 61.7 cm³/mol. The quantitative estimate of drug-likeness (QED) is 0.291. The summed E-state index contributed by atoms with van der Waals surface area (Å²) in [7, 11) is -16.5. The van der Waals surface area contributed by atoms with E-state index in [1.165, 1.54) is 0 Å². The number of aliphatic hydroxyl groups is 2. The third-order valence-corrected chi connectivity index (χ3v) is 3.81. The van der Waals surface area contributed by atoms with Crippen LogP contribution >= 0.6 is 0 Å². The van der Waals surface area contributed by atoms with E-state index in [-0.39, 0.29) is 0 Å². The van der Waals surface area contributed by atoms with Crippen LogP contribution in [0.2, 0.25) is 0 Å². The molecule has 1 aliphatic heterocycles. The Morgan fingerprint density at radius 2 is 1.29 bits per heavy atom. The SMILES string of the molecule is O=S(=O)([O-])OC[C@H]1O[C@H](O)[C@H](OS(=O)(=O)[O-])[C@@H](OS(=O)(=O)[O-])[C@@H]1O. The molecule has 1 heterocycles. The molecular weight excluding hydrogens is 408 g/mol. The number of hydrogen-bond acceptors (Lipinski definition) is 15. The Hall–Kier alpha value is -0.510. The van der Waals surface area contributed by atoms with Crippen molar-refractivity contribution in [3.8, 4) is 0 Å². The molecule has 5 atom stereocenters. The molecule has 2 N–H and O–H groups in total. The Morgan fingerprint density at radius 3 is 1.71 bits per heavy atom. The van der Waals surface area contributed by atoms with E-state index in [1.807, 2.05) is 0 Å². The summed E-state index contributed by atoms with van der Waals surface area (Å²) in [6, 6.07) is 0. The van der Waals surface area contributed by atoms with Crippen molar-refractivity contribution in [3.63, 3.8) is 0 Å². The smallest absolute Gasteiger partial charge is 0.218 e. The second-order valence-electron chi connectivity index (χ2n) is 4.19. The third kappa shape index (κ3) is 7.16. The summed E-state index contributed by atoms with van der Waals surface area (Å²) in [5.74, 6) is 0. The Morgan fingerprint density at radius 1 is 0.833 bits per heavy atom. The summed E-state index contributed by atoms with van der Waals surface area (Å²) < 4.78 is 110. The van der Waals surface area contributed by atoms with Crippen molar-refractivity contribution in [2.45, 2.75) is 30.7 Å². The van der Waals surface area contributed by atoms with Crippen LogP contribution in [0.5, 0.6) is 0 Å². The first kappa shape index (κ1) is 21.5. The van der Waals surface area contributed by atoms with Crippen LogP contribution in [0.15, 0.2) is 0 Å². The molecule has 0 aromatic carbocycles. The Bertz CT molecular complexity index is 736. The van der Waals surface area contributed by atoms with Crippen LogP contribution in [0.1, 0.15) is 0 Å². The van der Waals surface area contributed by atoms with Crippen LogP contribution in [0, 0.1) is 0 Å². The van der Waals surface area contributed by atoms with Gasteiger partial charge in [-0.3, -0.25) is 12.5 Å². The van der Waals surface area contributed by atoms with Gasteiger partial charge in [-0.1, -0.05) is 0 Å². The summed E-state index contributed by atoms with van der Waals surface area (Å²) in [4.78, 5) is 0. The number of hydrogen-bond donors (Lipinski definition) is 2. The zero-order valence-corrected chi connectivity index (χ0v) is 13.5. The van der Waals surface area contributed by atoms with Crippen LogP contribution in [-0.2, 0) is 48.5 Å². The average Bonchev–Trinajstić information content (AvgIpc) is 2.32. The normalized spacial score (nSPS) is 32.6. The lowest BCUT2D eigenvalue weighted by molar-refractivity contribution is -0.275. The maximum atomic E-state index is 10.6. The molecule has 24 heavy (non-hydrogen) atoms. The average molecular weight is 417 g/mol. The van der Waals surface area contributed by atoms with E-state index in [9.17, 15) is 49.1 Å². The summed E-state index contributed by atoms with van der Waals surface area (Å²) in [5, 5.41) is 19.3. The zero-order chi connectivity index (χ0) is 18.9. The molecule has 0 aliphatic carbocycles. The number of rotatable bonds is 7. The minimum atomic E-state index is -5.61. The van der Waals surface area contributed by atoms with Gasteiger partial charge in [0.2, 0.25) is 31.2 Å². The highest BCUT2D eigenvalue weighted by Crippen LogP contribution is 2.27. The Balaban J connectivity index is 3.08. The molecule has 0 radical (unpaired) electrons. The fourth-order valence-electron chi connectivity index (χ4n) is 1.68. The maximum absolute atomic E-state index is 10.6. The van der Waals surface area contributed by atoms with Gasteiger partial charge in [0.15, 0.2) is 12.4 Å². The van der Waals surface area contributed by atoms with E-state index in [4.69, 9.17) is 0 Å². The van der Waals surface area contributed by atoms with Gasteiger partial charge in [0.25, 0.3) is 0 Å². The molecule has 0 spiro atoms. The van der Waals surface area contributed by atoms with Gasteiger partial charge >= 0.3 is 0 Å². The molecule has 144 valence electrons. The predicted octanol–water partition coefficient (Wildman–Crippen LogP) is -4.77. The first-order chi connectivity index (χ1) is 10.6. The molecule has 0 amide bonds. The minimum absolute atomic E-state index is 1.26. The van der Waals surface area contributed by atoms with E-state index in [1.54, 1.807) is 0 Å². The zero-order valence-electron chi connectivity index (χ0n) is 11.0.